The number of hydrazine groups is 1. The fourth-order valence-corrected chi connectivity index (χ4v) is 4.82. The molecule has 6 nitrogen and oxygen atoms in total. The smallest absolute Gasteiger partial charge is 0.275 e. The summed E-state index contributed by atoms with van der Waals surface area (Å²) in [6, 6.07) is 9.72. The largest absolute Gasteiger partial charge is 0.292 e. The van der Waals surface area contributed by atoms with Gasteiger partial charge in [0.15, 0.2) is 5.78 Å². The molecular weight excluding hydrogens is 482 g/mol. The molecule has 0 radical (unpaired) electrons. The first-order valence-corrected chi connectivity index (χ1v) is 11.7. The van der Waals surface area contributed by atoms with Crippen LogP contribution in [0.4, 0.5) is 4.39 Å². The number of rotatable bonds is 7. The summed E-state index contributed by atoms with van der Waals surface area (Å²) >= 11 is 12.3. The Morgan fingerprint density at radius 2 is 1.59 bits per heavy atom. The van der Waals surface area contributed by atoms with E-state index in [1.54, 1.807) is 12.1 Å². The molecule has 0 spiro atoms. The minimum Gasteiger partial charge on any atom is -0.292 e. The van der Waals surface area contributed by atoms with Crippen LogP contribution in [-0.2, 0) is 9.59 Å². The Kier molecular flexibility index (Phi) is 7.14. The van der Waals surface area contributed by atoms with E-state index in [4.69, 9.17) is 23.2 Å². The van der Waals surface area contributed by atoms with Crippen LogP contribution in [0, 0.1) is 17.7 Å². The highest BCUT2D eigenvalue weighted by molar-refractivity contribution is 6.34. The Hall–Kier alpha value is -3.03. The van der Waals surface area contributed by atoms with Crippen molar-refractivity contribution in [2.75, 3.05) is 5.88 Å². The molecule has 3 amide bonds. The molecule has 2 aromatic carbocycles. The lowest BCUT2D eigenvalue weighted by atomic mass is 9.85. The summed E-state index contributed by atoms with van der Waals surface area (Å²) in [7, 11) is 0. The van der Waals surface area contributed by atoms with Gasteiger partial charge in [-0.05, 0) is 55.7 Å². The zero-order valence-corrected chi connectivity index (χ0v) is 19.5. The molecule has 1 heterocycles. The van der Waals surface area contributed by atoms with E-state index in [0.29, 0.717) is 12.8 Å². The minimum absolute atomic E-state index is 0.0317. The molecule has 176 valence electrons. The average molecular weight is 503 g/mol. The van der Waals surface area contributed by atoms with Crippen LogP contribution in [0.2, 0.25) is 5.02 Å². The highest BCUT2D eigenvalue weighted by Crippen LogP contribution is 2.37. The number of amides is 3. The number of hydrogen-bond donors (Lipinski definition) is 0. The number of fused-ring (bicyclic) bond motifs is 1. The first kappa shape index (κ1) is 24.1. The number of Topliss-reactive ketones (excluding diaryl/α,β-unsaturated/α-hetero) is 1. The van der Waals surface area contributed by atoms with E-state index in [-0.39, 0.29) is 28.5 Å². The van der Waals surface area contributed by atoms with Gasteiger partial charge in [0.2, 0.25) is 0 Å². The van der Waals surface area contributed by atoms with Crippen molar-refractivity contribution in [3.63, 3.8) is 0 Å². The van der Waals surface area contributed by atoms with Crippen LogP contribution in [0.15, 0.2) is 60.7 Å². The van der Waals surface area contributed by atoms with Crippen molar-refractivity contribution in [3.8, 4) is 0 Å². The van der Waals surface area contributed by atoms with Crippen LogP contribution >= 0.6 is 23.2 Å². The maximum absolute atomic E-state index is 13.8. The second-order valence-corrected chi connectivity index (χ2v) is 8.92. The predicted octanol–water partition coefficient (Wildman–Crippen LogP) is 4.67. The van der Waals surface area contributed by atoms with Crippen molar-refractivity contribution in [3.05, 3.63) is 82.6 Å². The summed E-state index contributed by atoms with van der Waals surface area (Å²) in [4.78, 5) is 54.1. The first-order chi connectivity index (χ1) is 16.3. The van der Waals surface area contributed by atoms with Crippen LogP contribution in [-0.4, -0.2) is 45.4 Å². The molecule has 3 atom stereocenters. The van der Waals surface area contributed by atoms with Crippen molar-refractivity contribution >= 4 is 46.7 Å². The Balaban J connectivity index is 1.82. The minimum atomic E-state index is -1.28. The second kappa shape index (κ2) is 10.1. The maximum atomic E-state index is 13.8. The number of ketones is 1. The normalized spacial score (nSPS) is 20.3. The van der Waals surface area contributed by atoms with E-state index < -0.39 is 47.2 Å². The summed E-state index contributed by atoms with van der Waals surface area (Å²) in [5.41, 5.74) is 0.149. The standard InChI is InChI=1S/C25H21Cl2FN2O4/c26-14-13-21(22(31)15-9-11-16(28)12-10-15)29(25(34)19-7-3-4-8-20(19)27)30-23(32)17-5-1-2-6-18(17)24(30)33/h1-4,7-12,17-18,21H,5-6,13-14H2/t17-,18-,21+/m0/s1. The van der Waals surface area contributed by atoms with Gasteiger partial charge < -0.3 is 0 Å². The third kappa shape index (κ3) is 4.38. The maximum Gasteiger partial charge on any atom is 0.275 e. The van der Waals surface area contributed by atoms with Gasteiger partial charge in [0.25, 0.3) is 17.7 Å². The van der Waals surface area contributed by atoms with E-state index >= 15 is 0 Å². The molecular formula is C25H21Cl2FN2O4. The van der Waals surface area contributed by atoms with Gasteiger partial charge in [0.05, 0.1) is 22.4 Å². The van der Waals surface area contributed by atoms with Gasteiger partial charge in [-0.25, -0.2) is 9.40 Å². The SMILES string of the molecule is O=C(c1ccc(F)cc1)[C@@H](CCCl)N(C(=O)c1ccccc1Cl)N1C(=O)[C@H]2CC=CC[C@@H]2C1=O. The number of nitrogens with zero attached hydrogens (tertiary/aromatic N) is 2. The third-order valence-electron chi connectivity index (χ3n) is 6.12. The number of alkyl halides is 1. The number of carbonyl (C=O) groups excluding carboxylic acids is 4. The van der Waals surface area contributed by atoms with E-state index in [2.05, 4.69) is 0 Å². The molecule has 1 aliphatic heterocycles. The fourth-order valence-electron chi connectivity index (χ4n) is 4.40. The molecule has 2 aromatic rings. The number of allylic oxidation sites excluding steroid dienone is 2. The van der Waals surface area contributed by atoms with Gasteiger partial charge in [0, 0.05) is 11.4 Å². The molecule has 0 bridgehead atoms. The molecule has 1 aliphatic carbocycles. The Morgan fingerprint density at radius 3 is 2.15 bits per heavy atom. The highest BCUT2D eigenvalue weighted by Gasteiger charge is 2.53. The predicted molar refractivity (Wildman–Crippen MR) is 125 cm³/mol. The van der Waals surface area contributed by atoms with Crippen molar-refractivity contribution in [1.29, 1.82) is 0 Å². The Morgan fingerprint density at radius 1 is 1.00 bits per heavy atom. The molecule has 9 heteroatoms. The molecule has 1 fully saturated rings. The number of imide groups is 1. The quantitative estimate of drug-likeness (QED) is 0.238. The van der Waals surface area contributed by atoms with Crippen LogP contribution in [0.1, 0.15) is 40.0 Å². The molecule has 0 saturated carbocycles. The highest BCUT2D eigenvalue weighted by atomic mass is 35.5. The lowest BCUT2D eigenvalue weighted by molar-refractivity contribution is -0.156. The van der Waals surface area contributed by atoms with Crippen molar-refractivity contribution in [2.45, 2.75) is 25.3 Å². The van der Waals surface area contributed by atoms with Crippen molar-refractivity contribution in [2.24, 2.45) is 11.8 Å². The first-order valence-electron chi connectivity index (χ1n) is 10.8. The second-order valence-electron chi connectivity index (χ2n) is 8.14. The number of halogens is 3. The van der Waals surface area contributed by atoms with E-state index in [1.807, 2.05) is 12.2 Å². The molecule has 4 rings (SSSR count). The van der Waals surface area contributed by atoms with Gasteiger partial charge in [0.1, 0.15) is 11.9 Å². The van der Waals surface area contributed by atoms with E-state index in [0.717, 1.165) is 22.2 Å². The number of benzene rings is 2. The zero-order valence-electron chi connectivity index (χ0n) is 18.0. The van der Waals surface area contributed by atoms with Crippen LogP contribution in [0.3, 0.4) is 0 Å². The van der Waals surface area contributed by atoms with Crippen LogP contribution in [0.5, 0.6) is 0 Å². The van der Waals surface area contributed by atoms with Gasteiger partial charge in [-0.1, -0.05) is 35.9 Å². The number of carbonyl (C=O) groups is 4. The summed E-state index contributed by atoms with van der Waals surface area (Å²) in [5, 5.41) is 1.81. The monoisotopic (exact) mass is 502 g/mol. The van der Waals surface area contributed by atoms with Gasteiger partial charge in [-0.2, -0.15) is 5.01 Å². The fraction of sp³-hybridized carbons (Fsp3) is 0.280. The third-order valence-corrected chi connectivity index (χ3v) is 6.67. The Labute approximate surface area is 205 Å². The van der Waals surface area contributed by atoms with E-state index in [1.165, 1.54) is 24.3 Å². The molecule has 0 N–H and O–H groups in total. The summed E-state index contributed by atoms with van der Waals surface area (Å²) in [6.45, 7) is 0. The lowest BCUT2D eigenvalue weighted by Gasteiger charge is -2.36. The molecule has 0 aromatic heterocycles. The zero-order chi connectivity index (χ0) is 24.4. The molecule has 34 heavy (non-hydrogen) atoms. The van der Waals surface area contributed by atoms with Crippen LogP contribution < -0.4 is 0 Å². The lowest BCUT2D eigenvalue weighted by Crippen LogP contribution is -2.57. The van der Waals surface area contributed by atoms with Gasteiger partial charge in [-0.3, -0.25) is 19.2 Å². The average Bonchev–Trinajstić information content (AvgIpc) is 3.09. The van der Waals surface area contributed by atoms with Crippen molar-refractivity contribution < 1.29 is 23.6 Å². The summed E-state index contributed by atoms with van der Waals surface area (Å²) in [5.74, 6) is -4.24. The van der Waals surface area contributed by atoms with E-state index in [9.17, 15) is 23.6 Å². The summed E-state index contributed by atoms with van der Waals surface area (Å²) < 4.78 is 13.5. The Bertz CT molecular complexity index is 1140. The molecule has 2 aliphatic rings. The van der Waals surface area contributed by atoms with Gasteiger partial charge in [-0.15, -0.1) is 11.6 Å². The van der Waals surface area contributed by atoms with Gasteiger partial charge >= 0.3 is 0 Å². The number of hydrogen-bond acceptors (Lipinski definition) is 4. The molecule has 0 unspecified atom stereocenters. The van der Waals surface area contributed by atoms with Crippen molar-refractivity contribution in [1.82, 2.24) is 10.0 Å². The summed E-state index contributed by atoms with van der Waals surface area (Å²) in [6.07, 6.45) is 4.35. The topological polar surface area (TPSA) is 74.8 Å². The van der Waals surface area contributed by atoms with Crippen LogP contribution in [0.25, 0.3) is 0 Å². The molecule has 1 saturated heterocycles.